The quantitative estimate of drug-likeness (QED) is 0.832. The van der Waals surface area contributed by atoms with Crippen molar-refractivity contribution < 1.29 is 9.84 Å². The first-order chi connectivity index (χ1) is 9.10. The Bertz CT molecular complexity index is 629. The predicted molar refractivity (Wildman–Crippen MR) is 81.1 cm³/mol. The molecule has 0 amide bonds. The zero-order chi connectivity index (χ0) is 13.8. The van der Waals surface area contributed by atoms with E-state index in [2.05, 4.69) is 20.9 Å². The van der Waals surface area contributed by atoms with Crippen LogP contribution in [0.2, 0.25) is 5.02 Å². The molecule has 0 atom stereocenters. The maximum Gasteiger partial charge on any atom is 0.166 e. The number of benzene rings is 2. The molecule has 0 spiro atoms. The summed E-state index contributed by atoms with van der Waals surface area (Å²) in [6.07, 6.45) is 1.56. The number of halogens is 2. The molecule has 2 aromatic carbocycles. The Balaban J connectivity index is 2.35. The molecule has 0 aliphatic carbocycles. The van der Waals surface area contributed by atoms with Gasteiger partial charge in [0.15, 0.2) is 11.5 Å². The van der Waals surface area contributed by atoms with Crippen molar-refractivity contribution in [2.75, 3.05) is 7.11 Å². The number of aromatic hydroxyl groups is 1. The average Bonchev–Trinajstić information content (AvgIpc) is 2.39. The summed E-state index contributed by atoms with van der Waals surface area (Å²) in [7, 11) is 1.50. The highest BCUT2D eigenvalue weighted by molar-refractivity contribution is 9.10. The van der Waals surface area contributed by atoms with Crippen LogP contribution in [0.3, 0.4) is 0 Å². The van der Waals surface area contributed by atoms with E-state index in [0.29, 0.717) is 22.0 Å². The van der Waals surface area contributed by atoms with Crippen molar-refractivity contribution in [1.29, 1.82) is 0 Å². The zero-order valence-electron chi connectivity index (χ0n) is 10.1. The third-order valence-electron chi connectivity index (χ3n) is 2.45. The molecule has 0 aliphatic heterocycles. The van der Waals surface area contributed by atoms with Crippen LogP contribution in [-0.4, -0.2) is 18.4 Å². The molecule has 2 rings (SSSR count). The minimum Gasteiger partial charge on any atom is -0.504 e. The van der Waals surface area contributed by atoms with Gasteiger partial charge in [0, 0.05) is 21.3 Å². The van der Waals surface area contributed by atoms with Crippen LogP contribution in [0.1, 0.15) is 5.56 Å². The van der Waals surface area contributed by atoms with Crippen molar-refractivity contribution in [3.05, 3.63) is 51.5 Å². The third kappa shape index (κ3) is 3.49. The van der Waals surface area contributed by atoms with Crippen molar-refractivity contribution in [2.45, 2.75) is 0 Å². The van der Waals surface area contributed by atoms with Crippen molar-refractivity contribution in [2.24, 2.45) is 4.99 Å². The number of phenols is 1. The molecule has 0 unspecified atom stereocenters. The maximum absolute atomic E-state index is 9.98. The lowest BCUT2D eigenvalue weighted by molar-refractivity contribution is 0.373. The Morgan fingerprint density at radius 1 is 1.32 bits per heavy atom. The van der Waals surface area contributed by atoms with Gasteiger partial charge in [0.2, 0.25) is 0 Å². The van der Waals surface area contributed by atoms with Gasteiger partial charge in [-0.2, -0.15) is 0 Å². The summed E-state index contributed by atoms with van der Waals surface area (Å²) in [5, 5.41) is 10.6. The van der Waals surface area contributed by atoms with Crippen LogP contribution < -0.4 is 4.74 Å². The fraction of sp³-hybridized carbons (Fsp3) is 0.0714. The molecule has 0 aromatic heterocycles. The minimum absolute atomic E-state index is 0.0523. The number of aliphatic imine (C=N–C) groups is 1. The highest BCUT2D eigenvalue weighted by Gasteiger charge is 2.07. The predicted octanol–water partition coefficient (Wildman–Crippen LogP) is 4.57. The molecular formula is C14H11BrClNO2. The van der Waals surface area contributed by atoms with Crippen molar-refractivity contribution in [1.82, 2.24) is 0 Å². The van der Waals surface area contributed by atoms with Crippen LogP contribution >= 0.6 is 27.5 Å². The average molecular weight is 341 g/mol. The molecule has 0 saturated heterocycles. The number of hydrogen-bond donors (Lipinski definition) is 1. The summed E-state index contributed by atoms with van der Waals surface area (Å²) in [6, 6.07) is 10.6. The van der Waals surface area contributed by atoms with Gasteiger partial charge < -0.3 is 9.84 Å². The van der Waals surface area contributed by atoms with E-state index in [1.807, 2.05) is 12.1 Å². The van der Waals surface area contributed by atoms with Gasteiger partial charge >= 0.3 is 0 Å². The van der Waals surface area contributed by atoms with Gasteiger partial charge in [-0.25, -0.2) is 0 Å². The lowest BCUT2D eigenvalue weighted by Crippen LogP contribution is -1.89. The monoisotopic (exact) mass is 339 g/mol. The van der Waals surface area contributed by atoms with Crippen LogP contribution in [-0.2, 0) is 0 Å². The van der Waals surface area contributed by atoms with E-state index in [1.165, 1.54) is 7.11 Å². The highest BCUT2D eigenvalue weighted by atomic mass is 79.9. The lowest BCUT2D eigenvalue weighted by Gasteiger charge is -2.06. The minimum atomic E-state index is 0.0523. The number of rotatable bonds is 3. The molecule has 5 heteroatoms. The smallest absolute Gasteiger partial charge is 0.166 e. The topological polar surface area (TPSA) is 41.8 Å². The summed E-state index contributed by atoms with van der Waals surface area (Å²) in [5.74, 6) is 0.443. The summed E-state index contributed by atoms with van der Waals surface area (Å²) in [5.41, 5.74) is 1.28. The molecular weight excluding hydrogens is 330 g/mol. The molecule has 0 bridgehead atoms. The number of nitrogens with zero attached hydrogens (tertiary/aromatic N) is 1. The van der Waals surface area contributed by atoms with Gasteiger partial charge in [-0.05, 0) is 30.3 Å². The second-order valence-corrected chi connectivity index (χ2v) is 5.14. The van der Waals surface area contributed by atoms with Gasteiger partial charge in [0.25, 0.3) is 0 Å². The molecule has 0 aliphatic rings. The fourth-order valence-corrected chi connectivity index (χ4v) is 2.19. The summed E-state index contributed by atoms with van der Waals surface area (Å²) < 4.78 is 5.88. The Labute approximate surface area is 124 Å². The Hall–Kier alpha value is -1.52. The molecule has 0 saturated carbocycles. The molecule has 19 heavy (non-hydrogen) atoms. The molecule has 2 aromatic rings. The number of phenolic OH excluding ortho intramolecular Hbond substituents is 1. The van der Waals surface area contributed by atoms with E-state index < -0.39 is 0 Å². The largest absolute Gasteiger partial charge is 0.504 e. The molecule has 0 radical (unpaired) electrons. The van der Waals surface area contributed by atoms with Crippen molar-refractivity contribution in [3.63, 3.8) is 0 Å². The summed E-state index contributed by atoms with van der Waals surface area (Å²) >= 11 is 9.23. The SMILES string of the molecule is COc1cc(Br)cc(C=Nc2cccc(Cl)c2)c1O. The number of methoxy groups -OCH3 is 1. The van der Waals surface area contributed by atoms with Crippen LogP contribution in [0.15, 0.2) is 45.9 Å². The van der Waals surface area contributed by atoms with Crippen molar-refractivity contribution >= 4 is 39.4 Å². The molecule has 1 N–H and O–H groups in total. The molecule has 98 valence electrons. The molecule has 0 heterocycles. The van der Waals surface area contributed by atoms with Crippen LogP contribution in [0.4, 0.5) is 5.69 Å². The van der Waals surface area contributed by atoms with E-state index in [0.717, 1.165) is 4.47 Å². The third-order valence-corrected chi connectivity index (χ3v) is 3.14. The van der Waals surface area contributed by atoms with Crippen LogP contribution in [0.5, 0.6) is 11.5 Å². The summed E-state index contributed by atoms with van der Waals surface area (Å²) in [6.45, 7) is 0. The van der Waals surface area contributed by atoms with E-state index in [-0.39, 0.29) is 5.75 Å². The first-order valence-corrected chi connectivity index (χ1v) is 6.63. The molecule has 3 nitrogen and oxygen atoms in total. The zero-order valence-corrected chi connectivity index (χ0v) is 12.4. The first-order valence-electron chi connectivity index (χ1n) is 5.46. The normalized spacial score (nSPS) is 10.9. The van der Waals surface area contributed by atoms with E-state index in [9.17, 15) is 5.11 Å². The second kappa shape index (κ2) is 6.08. The number of hydrogen-bond acceptors (Lipinski definition) is 3. The maximum atomic E-state index is 9.98. The fourth-order valence-electron chi connectivity index (χ4n) is 1.55. The second-order valence-electron chi connectivity index (χ2n) is 3.78. The van der Waals surface area contributed by atoms with Gasteiger partial charge in [-0.3, -0.25) is 4.99 Å². The standard InChI is InChI=1S/C14H11BrClNO2/c1-19-13-6-10(15)5-9(14(13)18)8-17-12-4-2-3-11(16)7-12/h2-8,18H,1H3. The van der Waals surface area contributed by atoms with Crippen molar-refractivity contribution in [3.8, 4) is 11.5 Å². The summed E-state index contributed by atoms with van der Waals surface area (Å²) in [4.78, 5) is 4.27. The van der Waals surface area contributed by atoms with Gasteiger partial charge in [0.05, 0.1) is 12.8 Å². The van der Waals surface area contributed by atoms with E-state index in [4.69, 9.17) is 16.3 Å². The van der Waals surface area contributed by atoms with Gasteiger partial charge in [-0.1, -0.05) is 33.6 Å². The van der Waals surface area contributed by atoms with E-state index >= 15 is 0 Å². The Morgan fingerprint density at radius 3 is 2.79 bits per heavy atom. The van der Waals surface area contributed by atoms with E-state index in [1.54, 1.807) is 30.5 Å². The van der Waals surface area contributed by atoms with Crippen LogP contribution in [0.25, 0.3) is 0 Å². The number of ether oxygens (including phenoxy) is 1. The Kier molecular flexibility index (Phi) is 4.45. The first kappa shape index (κ1) is 13.9. The highest BCUT2D eigenvalue weighted by Crippen LogP contribution is 2.32. The van der Waals surface area contributed by atoms with Gasteiger partial charge in [-0.15, -0.1) is 0 Å². The van der Waals surface area contributed by atoms with Crippen LogP contribution in [0, 0.1) is 0 Å². The molecule has 0 fully saturated rings. The van der Waals surface area contributed by atoms with Gasteiger partial charge in [0.1, 0.15) is 0 Å². The lowest BCUT2D eigenvalue weighted by atomic mass is 10.2. The Morgan fingerprint density at radius 2 is 2.11 bits per heavy atom.